The molecule has 3 aromatic rings. The molecule has 32 heavy (non-hydrogen) atoms. The van der Waals surface area contributed by atoms with E-state index in [0.29, 0.717) is 28.3 Å². The highest BCUT2D eigenvalue weighted by Gasteiger charge is 2.12. The SMILES string of the molecule is COc1cccc(/C=N\OCc2cccc([N+](=O)[O-])c2)c1OCC(=O)Nc1ccccc1. The molecule has 0 unspecified atom stereocenters. The van der Waals surface area contributed by atoms with E-state index >= 15 is 0 Å². The first-order valence-corrected chi connectivity index (χ1v) is 9.60. The molecule has 0 aliphatic heterocycles. The number of amides is 1. The Balaban J connectivity index is 1.63. The van der Waals surface area contributed by atoms with Gasteiger partial charge in [0.15, 0.2) is 18.1 Å². The molecule has 3 rings (SSSR count). The van der Waals surface area contributed by atoms with Crippen molar-refractivity contribution >= 4 is 23.5 Å². The number of ether oxygens (including phenoxy) is 2. The molecule has 0 radical (unpaired) electrons. The summed E-state index contributed by atoms with van der Waals surface area (Å²) in [5, 5.41) is 17.5. The number of oxime groups is 1. The van der Waals surface area contributed by atoms with Crippen LogP contribution in [0.15, 0.2) is 78.0 Å². The van der Waals surface area contributed by atoms with Crippen molar-refractivity contribution in [2.75, 3.05) is 19.0 Å². The standard InChI is InChI=1S/C23H21N3O6/c1-30-21-12-6-8-18(14-24-32-15-17-7-5-11-20(13-17)26(28)29)23(21)31-16-22(27)25-19-9-3-2-4-10-19/h2-14H,15-16H2,1H3,(H,25,27)/b24-14-. The average molecular weight is 435 g/mol. The quantitative estimate of drug-likeness (QED) is 0.291. The number of nitrogens with one attached hydrogen (secondary N) is 1. The largest absolute Gasteiger partial charge is 0.493 e. The molecule has 3 aromatic carbocycles. The lowest BCUT2D eigenvalue weighted by Gasteiger charge is -2.13. The van der Waals surface area contributed by atoms with Crippen LogP contribution in [0.5, 0.6) is 11.5 Å². The fraction of sp³-hybridized carbons (Fsp3) is 0.130. The molecule has 1 amide bonds. The van der Waals surface area contributed by atoms with Gasteiger partial charge in [-0.05, 0) is 29.8 Å². The van der Waals surface area contributed by atoms with E-state index in [9.17, 15) is 14.9 Å². The minimum atomic E-state index is -0.472. The van der Waals surface area contributed by atoms with Gasteiger partial charge in [0.1, 0.15) is 6.61 Å². The van der Waals surface area contributed by atoms with Crippen molar-refractivity contribution in [3.8, 4) is 11.5 Å². The molecule has 0 aliphatic rings. The zero-order chi connectivity index (χ0) is 22.8. The zero-order valence-electron chi connectivity index (χ0n) is 17.3. The van der Waals surface area contributed by atoms with E-state index in [4.69, 9.17) is 14.3 Å². The van der Waals surface area contributed by atoms with Crippen molar-refractivity contribution in [2.45, 2.75) is 6.61 Å². The predicted octanol–water partition coefficient (Wildman–Crippen LogP) is 4.17. The Morgan fingerprint density at radius 3 is 2.62 bits per heavy atom. The molecule has 0 saturated heterocycles. The molecule has 9 nitrogen and oxygen atoms in total. The van der Waals surface area contributed by atoms with Crippen LogP contribution in [0.4, 0.5) is 11.4 Å². The van der Waals surface area contributed by atoms with Crippen molar-refractivity contribution < 1.29 is 24.0 Å². The lowest BCUT2D eigenvalue weighted by Crippen LogP contribution is -2.20. The number of anilines is 1. The van der Waals surface area contributed by atoms with E-state index in [1.54, 1.807) is 42.5 Å². The number of hydrogen-bond acceptors (Lipinski definition) is 7. The predicted molar refractivity (Wildman–Crippen MR) is 119 cm³/mol. The Kier molecular flexibility index (Phi) is 7.74. The summed E-state index contributed by atoms with van der Waals surface area (Å²) < 4.78 is 11.0. The van der Waals surface area contributed by atoms with E-state index in [1.165, 1.54) is 25.5 Å². The minimum Gasteiger partial charge on any atom is -0.493 e. The van der Waals surface area contributed by atoms with E-state index < -0.39 is 4.92 Å². The van der Waals surface area contributed by atoms with E-state index in [-0.39, 0.29) is 24.8 Å². The Hall–Kier alpha value is -4.40. The first-order valence-electron chi connectivity index (χ1n) is 9.60. The normalized spacial score (nSPS) is 10.5. The zero-order valence-corrected chi connectivity index (χ0v) is 17.3. The van der Waals surface area contributed by atoms with Crippen molar-refractivity contribution in [2.24, 2.45) is 5.16 Å². The monoisotopic (exact) mass is 435 g/mol. The molecular formula is C23H21N3O6. The second kappa shape index (κ2) is 11.1. The maximum Gasteiger partial charge on any atom is 0.269 e. The summed E-state index contributed by atoms with van der Waals surface area (Å²) in [6.45, 7) is -0.178. The van der Waals surface area contributed by atoms with Gasteiger partial charge in [-0.15, -0.1) is 0 Å². The molecular weight excluding hydrogens is 414 g/mol. The van der Waals surface area contributed by atoms with E-state index in [0.717, 1.165) is 0 Å². The van der Waals surface area contributed by atoms with Gasteiger partial charge in [0.25, 0.3) is 11.6 Å². The maximum absolute atomic E-state index is 12.2. The van der Waals surface area contributed by atoms with Crippen molar-refractivity contribution in [3.05, 3.63) is 94.0 Å². The third kappa shape index (κ3) is 6.30. The third-order valence-corrected chi connectivity index (χ3v) is 4.25. The Labute approximate surface area is 184 Å². The number of carbonyl (C=O) groups is 1. The number of rotatable bonds is 10. The molecule has 1 N–H and O–H groups in total. The summed E-state index contributed by atoms with van der Waals surface area (Å²) in [7, 11) is 1.49. The number of nitrogens with zero attached hydrogens (tertiary/aromatic N) is 2. The van der Waals surface area contributed by atoms with Crippen LogP contribution in [-0.4, -0.2) is 30.8 Å². The molecule has 0 atom stereocenters. The summed E-state index contributed by atoms with van der Waals surface area (Å²) in [4.78, 5) is 27.9. The van der Waals surface area contributed by atoms with Crippen LogP contribution in [0.3, 0.4) is 0 Å². The summed E-state index contributed by atoms with van der Waals surface area (Å²) >= 11 is 0. The highest BCUT2D eigenvalue weighted by atomic mass is 16.6. The maximum atomic E-state index is 12.2. The molecule has 0 bridgehead atoms. The molecule has 0 fully saturated rings. The van der Waals surface area contributed by atoms with Gasteiger partial charge >= 0.3 is 0 Å². The van der Waals surface area contributed by atoms with E-state index in [1.807, 2.05) is 18.2 Å². The fourth-order valence-corrected chi connectivity index (χ4v) is 2.77. The van der Waals surface area contributed by atoms with Gasteiger partial charge < -0.3 is 19.6 Å². The van der Waals surface area contributed by atoms with E-state index in [2.05, 4.69) is 10.5 Å². The van der Waals surface area contributed by atoms with Crippen molar-refractivity contribution in [3.63, 3.8) is 0 Å². The van der Waals surface area contributed by atoms with Crippen LogP contribution < -0.4 is 14.8 Å². The number of carbonyl (C=O) groups excluding carboxylic acids is 1. The van der Waals surface area contributed by atoms with Gasteiger partial charge in [-0.1, -0.05) is 41.6 Å². The first kappa shape index (κ1) is 22.3. The first-order chi connectivity index (χ1) is 15.6. The van der Waals surface area contributed by atoms with Crippen LogP contribution in [0.2, 0.25) is 0 Å². The Morgan fingerprint density at radius 2 is 1.88 bits per heavy atom. The molecule has 0 aliphatic carbocycles. The Morgan fingerprint density at radius 1 is 1.09 bits per heavy atom. The van der Waals surface area contributed by atoms with Crippen LogP contribution >= 0.6 is 0 Å². The minimum absolute atomic E-state index is 0.0210. The van der Waals surface area contributed by atoms with Gasteiger partial charge in [0, 0.05) is 23.4 Å². The summed E-state index contributed by atoms with van der Waals surface area (Å²) in [5.41, 5.74) is 1.79. The van der Waals surface area contributed by atoms with Gasteiger partial charge in [-0.2, -0.15) is 0 Å². The van der Waals surface area contributed by atoms with Crippen LogP contribution in [-0.2, 0) is 16.2 Å². The van der Waals surface area contributed by atoms with Gasteiger partial charge in [-0.3, -0.25) is 14.9 Å². The van der Waals surface area contributed by atoms with Crippen LogP contribution in [0.1, 0.15) is 11.1 Å². The Bertz CT molecular complexity index is 1100. The lowest BCUT2D eigenvalue weighted by atomic mass is 10.2. The van der Waals surface area contributed by atoms with Gasteiger partial charge in [-0.25, -0.2) is 0 Å². The van der Waals surface area contributed by atoms with Crippen LogP contribution in [0.25, 0.3) is 0 Å². The highest BCUT2D eigenvalue weighted by Crippen LogP contribution is 2.30. The summed E-state index contributed by atoms with van der Waals surface area (Å²) in [5.74, 6) is 0.438. The lowest BCUT2D eigenvalue weighted by molar-refractivity contribution is -0.384. The number of hydrogen-bond donors (Lipinski definition) is 1. The van der Waals surface area contributed by atoms with Gasteiger partial charge in [0.2, 0.25) is 0 Å². The molecule has 0 saturated carbocycles. The smallest absolute Gasteiger partial charge is 0.269 e. The number of nitro groups is 1. The highest BCUT2D eigenvalue weighted by molar-refractivity contribution is 5.92. The number of methoxy groups -OCH3 is 1. The summed E-state index contributed by atoms with van der Waals surface area (Å²) in [6.07, 6.45) is 1.42. The van der Waals surface area contributed by atoms with Crippen molar-refractivity contribution in [1.82, 2.24) is 0 Å². The van der Waals surface area contributed by atoms with Gasteiger partial charge in [0.05, 0.1) is 18.2 Å². The second-order valence-electron chi connectivity index (χ2n) is 6.52. The average Bonchev–Trinajstić information content (AvgIpc) is 2.81. The number of para-hydroxylation sites is 2. The molecule has 0 heterocycles. The van der Waals surface area contributed by atoms with Crippen LogP contribution in [0, 0.1) is 10.1 Å². The number of benzene rings is 3. The summed E-state index contributed by atoms with van der Waals surface area (Å²) in [6, 6.07) is 20.3. The number of nitro benzene ring substituents is 1. The molecule has 164 valence electrons. The topological polar surface area (TPSA) is 112 Å². The third-order valence-electron chi connectivity index (χ3n) is 4.25. The second-order valence-corrected chi connectivity index (χ2v) is 6.52. The molecule has 0 aromatic heterocycles. The molecule has 0 spiro atoms. The fourth-order valence-electron chi connectivity index (χ4n) is 2.77. The van der Waals surface area contributed by atoms with Crippen molar-refractivity contribution in [1.29, 1.82) is 0 Å². The number of non-ortho nitro benzene ring substituents is 1. The molecule has 9 heteroatoms.